The second-order valence-corrected chi connectivity index (χ2v) is 8.15. The molecule has 1 fully saturated rings. The maximum atomic E-state index is 12.3. The molecule has 1 aliphatic rings. The number of carbonyl (C=O) groups is 1. The third-order valence-corrected chi connectivity index (χ3v) is 5.85. The largest absolute Gasteiger partial charge is 0.356 e. The van der Waals surface area contributed by atoms with Gasteiger partial charge in [-0.25, -0.2) is 4.98 Å². The molecule has 1 atom stereocenters. The predicted molar refractivity (Wildman–Crippen MR) is 117 cm³/mol. The number of hydrogen-bond acceptors (Lipinski definition) is 8. The molecule has 170 valence electrons. The Balaban J connectivity index is 1.44. The van der Waals surface area contributed by atoms with Crippen molar-refractivity contribution in [3.8, 4) is 11.5 Å². The summed E-state index contributed by atoms with van der Waals surface area (Å²) in [7, 11) is 0. The van der Waals surface area contributed by atoms with E-state index >= 15 is 0 Å². The van der Waals surface area contributed by atoms with E-state index in [4.69, 9.17) is 4.52 Å². The summed E-state index contributed by atoms with van der Waals surface area (Å²) in [6.07, 6.45) is 10.1. The molecule has 3 aromatic heterocycles. The first kappa shape index (κ1) is 22.1. The van der Waals surface area contributed by atoms with Crippen LogP contribution in [0.2, 0.25) is 0 Å². The number of hydrogen-bond donors (Lipinski definition) is 1. The van der Waals surface area contributed by atoms with Crippen LogP contribution in [-0.2, 0) is 17.9 Å². The van der Waals surface area contributed by atoms with Gasteiger partial charge in [-0.3, -0.25) is 19.4 Å². The monoisotopic (exact) mass is 438 g/mol. The van der Waals surface area contributed by atoms with Gasteiger partial charge in [0, 0.05) is 62.7 Å². The molecular formula is C22H30N8O2. The van der Waals surface area contributed by atoms with Crippen LogP contribution in [0.4, 0.5) is 0 Å². The van der Waals surface area contributed by atoms with Gasteiger partial charge in [-0.2, -0.15) is 10.1 Å². The van der Waals surface area contributed by atoms with E-state index in [0.717, 1.165) is 51.1 Å². The number of rotatable bonds is 5. The zero-order valence-corrected chi connectivity index (χ0v) is 18.7. The lowest BCUT2D eigenvalue weighted by atomic mass is 9.99. The molecule has 1 unspecified atom stereocenters. The molecule has 32 heavy (non-hydrogen) atoms. The van der Waals surface area contributed by atoms with Crippen molar-refractivity contribution in [2.45, 2.75) is 58.5 Å². The first-order valence-electron chi connectivity index (χ1n) is 11.2. The Labute approximate surface area is 187 Å². The standard InChI is InChI=1S/C22H30N8O2/c1-3-30-15-18(16(2)27-30)14-29-11-4-5-17(6-8-25-20(31)7-12-29)22-26-21(28-32-22)19-13-23-9-10-24-19/h9-10,13,15,17H,3-8,11-12,14H2,1-2H3,(H,25,31). The smallest absolute Gasteiger partial charge is 0.230 e. The molecular weight excluding hydrogens is 408 g/mol. The number of carbonyl (C=O) groups excluding carboxylic acids is 1. The molecule has 1 N–H and O–H groups in total. The zero-order valence-electron chi connectivity index (χ0n) is 18.7. The van der Waals surface area contributed by atoms with Gasteiger partial charge in [-0.05, 0) is 39.7 Å². The van der Waals surface area contributed by atoms with Crippen LogP contribution in [0.3, 0.4) is 0 Å². The Hall–Kier alpha value is -3.14. The van der Waals surface area contributed by atoms with E-state index in [1.807, 2.05) is 11.6 Å². The third kappa shape index (κ3) is 5.56. The van der Waals surface area contributed by atoms with Gasteiger partial charge >= 0.3 is 0 Å². The lowest BCUT2D eigenvalue weighted by Gasteiger charge is -2.22. The zero-order chi connectivity index (χ0) is 22.3. The van der Waals surface area contributed by atoms with Gasteiger partial charge in [-0.1, -0.05) is 5.16 Å². The molecule has 0 aliphatic carbocycles. The van der Waals surface area contributed by atoms with Gasteiger partial charge in [0.05, 0.1) is 11.9 Å². The van der Waals surface area contributed by atoms with Crippen LogP contribution in [0.25, 0.3) is 11.5 Å². The predicted octanol–water partition coefficient (Wildman–Crippen LogP) is 2.33. The molecule has 0 bridgehead atoms. The van der Waals surface area contributed by atoms with Crippen LogP contribution in [0.1, 0.15) is 55.7 Å². The van der Waals surface area contributed by atoms with E-state index in [1.165, 1.54) is 5.56 Å². The van der Waals surface area contributed by atoms with Gasteiger partial charge in [0.15, 0.2) is 0 Å². The van der Waals surface area contributed by atoms with Gasteiger partial charge in [0.2, 0.25) is 17.6 Å². The minimum absolute atomic E-state index is 0.0717. The molecule has 4 heterocycles. The second-order valence-electron chi connectivity index (χ2n) is 8.15. The van der Waals surface area contributed by atoms with Crippen LogP contribution >= 0.6 is 0 Å². The average molecular weight is 439 g/mol. The molecule has 0 radical (unpaired) electrons. The Morgan fingerprint density at radius 1 is 1.25 bits per heavy atom. The summed E-state index contributed by atoms with van der Waals surface area (Å²) in [4.78, 5) is 27.5. The summed E-state index contributed by atoms with van der Waals surface area (Å²) < 4.78 is 7.53. The molecule has 4 rings (SSSR count). The van der Waals surface area contributed by atoms with Crippen LogP contribution in [0.5, 0.6) is 0 Å². The molecule has 0 saturated carbocycles. The summed E-state index contributed by atoms with van der Waals surface area (Å²) in [6, 6.07) is 0. The minimum Gasteiger partial charge on any atom is -0.356 e. The SMILES string of the molecule is CCn1cc(CN2CCCC(c3nc(-c4cnccn4)no3)CCNC(=O)CC2)c(C)n1. The van der Waals surface area contributed by atoms with Crippen molar-refractivity contribution >= 4 is 5.91 Å². The quantitative estimate of drug-likeness (QED) is 0.645. The molecule has 10 nitrogen and oxygen atoms in total. The third-order valence-electron chi connectivity index (χ3n) is 5.85. The Kier molecular flexibility index (Phi) is 7.21. The van der Waals surface area contributed by atoms with Gasteiger partial charge in [0.25, 0.3) is 0 Å². The fourth-order valence-corrected chi connectivity index (χ4v) is 3.99. The highest BCUT2D eigenvalue weighted by atomic mass is 16.5. The van der Waals surface area contributed by atoms with Crippen molar-refractivity contribution in [3.63, 3.8) is 0 Å². The van der Waals surface area contributed by atoms with Crippen LogP contribution in [-0.4, -0.2) is 60.3 Å². The van der Waals surface area contributed by atoms with Gasteiger partial charge in [0.1, 0.15) is 5.69 Å². The topological polar surface area (TPSA) is 115 Å². The van der Waals surface area contributed by atoms with E-state index in [9.17, 15) is 4.79 Å². The van der Waals surface area contributed by atoms with Gasteiger partial charge < -0.3 is 9.84 Å². The number of aromatic nitrogens is 6. The molecule has 0 aromatic carbocycles. The average Bonchev–Trinajstić information content (AvgIpc) is 3.42. The van der Waals surface area contributed by atoms with Crippen molar-refractivity contribution < 1.29 is 9.32 Å². The fraction of sp³-hybridized carbons (Fsp3) is 0.545. The van der Waals surface area contributed by atoms with E-state index in [1.54, 1.807) is 18.6 Å². The van der Waals surface area contributed by atoms with Crippen LogP contribution in [0.15, 0.2) is 29.3 Å². The van der Waals surface area contributed by atoms with Crippen molar-refractivity contribution in [1.29, 1.82) is 0 Å². The first-order chi connectivity index (χ1) is 15.6. The minimum atomic E-state index is 0.0717. The van der Waals surface area contributed by atoms with E-state index in [-0.39, 0.29) is 11.8 Å². The Bertz CT molecular complexity index is 1020. The normalized spacial score (nSPS) is 18.8. The molecule has 10 heteroatoms. The highest BCUT2D eigenvalue weighted by Gasteiger charge is 2.22. The first-order valence-corrected chi connectivity index (χ1v) is 11.2. The lowest BCUT2D eigenvalue weighted by molar-refractivity contribution is -0.121. The lowest BCUT2D eigenvalue weighted by Crippen LogP contribution is -2.31. The summed E-state index contributed by atoms with van der Waals surface area (Å²) in [5, 5.41) is 11.7. The summed E-state index contributed by atoms with van der Waals surface area (Å²) in [6.45, 7) is 7.99. The van der Waals surface area contributed by atoms with Crippen molar-refractivity contribution in [2.75, 3.05) is 19.6 Å². The Morgan fingerprint density at radius 2 is 2.16 bits per heavy atom. The molecule has 1 amide bonds. The molecule has 1 saturated heterocycles. The molecule has 1 aliphatic heterocycles. The fourth-order valence-electron chi connectivity index (χ4n) is 3.99. The number of nitrogens with zero attached hydrogens (tertiary/aromatic N) is 7. The summed E-state index contributed by atoms with van der Waals surface area (Å²) >= 11 is 0. The molecule has 0 spiro atoms. The Morgan fingerprint density at radius 3 is 2.94 bits per heavy atom. The summed E-state index contributed by atoms with van der Waals surface area (Å²) in [5.41, 5.74) is 2.84. The maximum Gasteiger partial charge on any atom is 0.230 e. The van der Waals surface area contributed by atoms with Crippen molar-refractivity contribution in [2.24, 2.45) is 0 Å². The van der Waals surface area contributed by atoms with Gasteiger partial charge in [-0.15, -0.1) is 0 Å². The van der Waals surface area contributed by atoms with Crippen LogP contribution in [0, 0.1) is 6.92 Å². The molecule has 3 aromatic rings. The van der Waals surface area contributed by atoms with E-state index in [0.29, 0.717) is 30.4 Å². The summed E-state index contributed by atoms with van der Waals surface area (Å²) in [5.74, 6) is 1.18. The number of aryl methyl sites for hydroxylation is 2. The highest BCUT2D eigenvalue weighted by molar-refractivity contribution is 5.76. The second kappa shape index (κ2) is 10.4. The van der Waals surface area contributed by atoms with Crippen molar-refractivity contribution in [1.82, 2.24) is 40.1 Å². The van der Waals surface area contributed by atoms with Crippen molar-refractivity contribution in [3.05, 3.63) is 41.9 Å². The van der Waals surface area contributed by atoms with Crippen LogP contribution < -0.4 is 5.32 Å². The number of amides is 1. The highest BCUT2D eigenvalue weighted by Crippen LogP contribution is 2.26. The van der Waals surface area contributed by atoms with E-state index in [2.05, 4.69) is 48.5 Å². The maximum absolute atomic E-state index is 12.3. The number of nitrogens with one attached hydrogen (secondary N) is 1. The van der Waals surface area contributed by atoms with E-state index < -0.39 is 0 Å².